The molecule has 2 N–H and O–H groups in total. The number of carbonyl (C=O) groups excluding carboxylic acids is 1. The first-order chi connectivity index (χ1) is 8.35. The molecular formula is C13H18BrNO2S. The molecule has 0 aliphatic heterocycles. The molecule has 0 heterocycles. The van der Waals surface area contributed by atoms with Crippen molar-refractivity contribution in [3.8, 4) is 0 Å². The predicted octanol–water partition coefficient (Wildman–Crippen LogP) is 2.60. The van der Waals surface area contributed by atoms with Gasteiger partial charge >= 0.3 is 0 Å². The zero-order valence-electron chi connectivity index (χ0n) is 10.8. The Morgan fingerprint density at radius 1 is 1.56 bits per heavy atom. The Labute approximate surface area is 120 Å². The second-order valence-electron chi connectivity index (χ2n) is 4.57. The number of thioether (sulfide) groups is 1. The molecule has 0 saturated carbocycles. The van der Waals surface area contributed by atoms with Crippen molar-refractivity contribution >= 4 is 33.6 Å². The molecule has 18 heavy (non-hydrogen) atoms. The number of hydrogen-bond donors (Lipinski definition) is 2. The van der Waals surface area contributed by atoms with Crippen LogP contribution < -0.4 is 5.32 Å². The van der Waals surface area contributed by atoms with Crippen LogP contribution in [0.4, 0.5) is 0 Å². The predicted molar refractivity (Wildman–Crippen MR) is 80.2 cm³/mol. The molecule has 3 nitrogen and oxygen atoms in total. The first-order valence-electron chi connectivity index (χ1n) is 5.61. The zero-order chi connectivity index (χ0) is 13.8. The summed E-state index contributed by atoms with van der Waals surface area (Å²) in [6.07, 6.45) is 1.93. The standard InChI is InChI=1S/C13H18BrNO2S/c1-9-6-10(14)4-5-11(9)12(16)15-7-13(2,17)8-18-3/h4-6,17H,7-8H2,1-3H3,(H,15,16)/t13-/m0/s1. The van der Waals surface area contributed by atoms with Crippen molar-refractivity contribution in [2.75, 3.05) is 18.6 Å². The number of halogens is 1. The first-order valence-corrected chi connectivity index (χ1v) is 7.80. The summed E-state index contributed by atoms with van der Waals surface area (Å²) in [5, 5.41) is 12.7. The Kier molecular flexibility index (Phi) is 5.69. The van der Waals surface area contributed by atoms with Crippen LogP contribution in [0, 0.1) is 6.92 Å². The molecule has 0 fully saturated rings. The van der Waals surface area contributed by atoms with Crippen LogP contribution in [0.15, 0.2) is 22.7 Å². The molecule has 0 aliphatic rings. The fourth-order valence-corrected chi connectivity index (χ4v) is 2.81. The summed E-state index contributed by atoms with van der Waals surface area (Å²) in [4.78, 5) is 12.0. The smallest absolute Gasteiger partial charge is 0.251 e. The number of rotatable bonds is 5. The molecular weight excluding hydrogens is 314 g/mol. The van der Waals surface area contributed by atoms with Gasteiger partial charge < -0.3 is 10.4 Å². The van der Waals surface area contributed by atoms with Crippen LogP contribution in [0.3, 0.4) is 0 Å². The van der Waals surface area contributed by atoms with Crippen LogP contribution in [0.1, 0.15) is 22.8 Å². The van der Waals surface area contributed by atoms with Gasteiger partial charge in [-0.15, -0.1) is 0 Å². The summed E-state index contributed by atoms with van der Waals surface area (Å²) in [7, 11) is 0. The van der Waals surface area contributed by atoms with E-state index in [0.717, 1.165) is 10.0 Å². The fourth-order valence-electron chi connectivity index (χ4n) is 1.61. The van der Waals surface area contributed by atoms with Gasteiger partial charge in [0, 0.05) is 22.3 Å². The second kappa shape index (κ2) is 6.59. The van der Waals surface area contributed by atoms with Crippen LogP contribution in [0.25, 0.3) is 0 Å². The highest BCUT2D eigenvalue weighted by atomic mass is 79.9. The molecule has 0 bridgehead atoms. The van der Waals surface area contributed by atoms with E-state index < -0.39 is 5.60 Å². The van der Waals surface area contributed by atoms with Crippen LogP contribution in [0.5, 0.6) is 0 Å². The van der Waals surface area contributed by atoms with Crippen molar-refractivity contribution in [3.63, 3.8) is 0 Å². The van der Waals surface area contributed by atoms with Gasteiger partial charge in [-0.1, -0.05) is 15.9 Å². The molecule has 1 atom stereocenters. The number of amides is 1. The average Bonchev–Trinajstić information content (AvgIpc) is 2.26. The molecule has 1 rings (SSSR count). The van der Waals surface area contributed by atoms with E-state index in [4.69, 9.17) is 0 Å². The Bertz CT molecular complexity index is 435. The second-order valence-corrected chi connectivity index (χ2v) is 6.35. The van der Waals surface area contributed by atoms with Gasteiger partial charge in [-0.2, -0.15) is 11.8 Å². The van der Waals surface area contributed by atoms with E-state index >= 15 is 0 Å². The Morgan fingerprint density at radius 2 is 2.22 bits per heavy atom. The third-order valence-corrected chi connectivity index (χ3v) is 3.92. The highest BCUT2D eigenvalue weighted by Crippen LogP contribution is 2.16. The summed E-state index contributed by atoms with van der Waals surface area (Å²) in [6, 6.07) is 5.51. The summed E-state index contributed by atoms with van der Waals surface area (Å²) in [5.41, 5.74) is 0.669. The van der Waals surface area contributed by atoms with Crippen LogP contribution in [-0.4, -0.2) is 35.2 Å². The molecule has 100 valence electrons. The number of aliphatic hydroxyl groups is 1. The third-order valence-electron chi connectivity index (χ3n) is 2.52. The van der Waals surface area contributed by atoms with Gasteiger partial charge in [-0.3, -0.25) is 4.79 Å². The number of benzene rings is 1. The third kappa shape index (κ3) is 4.63. The maximum absolute atomic E-state index is 12.0. The lowest BCUT2D eigenvalue weighted by atomic mass is 10.1. The van der Waals surface area contributed by atoms with Gasteiger partial charge in [0.15, 0.2) is 0 Å². The Morgan fingerprint density at radius 3 is 2.78 bits per heavy atom. The van der Waals surface area contributed by atoms with Crippen LogP contribution in [-0.2, 0) is 0 Å². The minimum absolute atomic E-state index is 0.152. The minimum atomic E-state index is -0.877. The molecule has 1 aromatic rings. The fraction of sp³-hybridized carbons (Fsp3) is 0.462. The molecule has 1 amide bonds. The van der Waals surface area contributed by atoms with Gasteiger partial charge in [0.25, 0.3) is 5.91 Å². The molecule has 1 aromatic carbocycles. The van der Waals surface area contributed by atoms with Crippen LogP contribution in [0.2, 0.25) is 0 Å². The van der Waals surface area contributed by atoms with E-state index in [1.807, 2.05) is 25.3 Å². The van der Waals surface area contributed by atoms with E-state index in [0.29, 0.717) is 11.3 Å². The van der Waals surface area contributed by atoms with E-state index in [2.05, 4.69) is 21.2 Å². The number of carbonyl (C=O) groups is 1. The van der Waals surface area contributed by atoms with Crippen molar-refractivity contribution < 1.29 is 9.90 Å². The Balaban J connectivity index is 2.66. The van der Waals surface area contributed by atoms with E-state index in [9.17, 15) is 9.90 Å². The normalized spacial score (nSPS) is 14.1. The zero-order valence-corrected chi connectivity index (χ0v) is 13.2. The monoisotopic (exact) mass is 331 g/mol. The summed E-state index contributed by atoms with van der Waals surface area (Å²) in [5.74, 6) is 0.438. The molecule has 0 radical (unpaired) electrons. The SMILES string of the molecule is CSC[C@@](C)(O)CNC(=O)c1ccc(Br)cc1C. The highest BCUT2D eigenvalue weighted by molar-refractivity contribution is 9.10. The summed E-state index contributed by atoms with van der Waals surface area (Å²) >= 11 is 4.92. The van der Waals surface area contributed by atoms with Gasteiger partial charge in [0.1, 0.15) is 0 Å². The quantitative estimate of drug-likeness (QED) is 0.871. The maximum atomic E-state index is 12.0. The molecule has 5 heteroatoms. The number of hydrogen-bond acceptors (Lipinski definition) is 3. The van der Waals surface area contributed by atoms with Crippen molar-refractivity contribution in [3.05, 3.63) is 33.8 Å². The lowest BCUT2D eigenvalue weighted by molar-refractivity contribution is 0.0724. The van der Waals surface area contributed by atoms with Gasteiger partial charge in [0.05, 0.1) is 5.60 Å². The number of aryl methyl sites for hydroxylation is 1. The van der Waals surface area contributed by atoms with E-state index in [1.165, 1.54) is 0 Å². The van der Waals surface area contributed by atoms with Crippen molar-refractivity contribution in [2.45, 2.75) is 19.4 Å². The average molecular weight is 332 g/mol. The minimum Gasteiger partial charge on any atom is -0.387 e. The maximum Gasteiger partial charge on any atom is 0.251 e. The van der Waals surface area contributed by atoms with Gasteiger partial charge in [-0.25, -0.2) is 0 Å². The van der Waals surface area contributed by atoms with E-state index in [-0.39, 0.29) is 12.5 Å². The van der Waals surface area contributed by atoms with Crippen molar-refractivity contribution in [2.24, 2.45) is 0 Å². The van der Waals surface area contributed by atoms with E-state index in [1.54, 1.807) is 24.8 Å². The molecule has 0 unspecified atom stereocenters. The largest absolute Gasteiger partial charge is 0.387 e. The van der Waals surface area contributed by atoms with Crippen LogP contribution >= 0.6 is 27.7 Å². The summed E-state index contributed by atoms with van der Waals surface area (Å²) < 4.78 is 0.950. The molecule has 0 aromatic heterocycles. The van der Waals surface area contributed by atoms with Gasteiger partial charge in [-0.05, 0) is 43.9 Å². The van der Waals surface area contributed by atoms with Gasteiger partial charge in [0.2, 0.25) is 0 Å². The lowest BCUT2D eigenvalue weighted by Gasteiger charge is -2.22. The molecule has 0 spiro atoms. The molecule has 0 aliphatic carbocycles. The summed E-state index contributed by atoms with van der Waals surface area (Å²) in [6.45, 7) is 3.86. The topological polar surface area (TPSA) is 49.3 Å². The number of nitrogens with one attached hydrogen (secondary N) is 1. The highest BCUT2D eigenvalue weighted by Gasteiger charge is 2.21. The molecule has 0 saturated heterocycles. The van der Waals surface area contributed by atoms with Crippen molar-refractivity contribution in [1.29, 1.82) is 0 Å². The first kappa shape index (κ1) is 15.5. The lowest BCUT2D eigenvalue weighted by Crippen LogP contribution is -2.42. The van der Waals surface area contributed by atoms with Crippen molar-refractivity contribution in [1.82, 2.24) is 5.32 Å². The Hall–Kier alpha value is -0.520.